The number of amides is 5. The minimum absolute atomic E-state index is 0.0110. The van der Waals surface area contributed by atoms with E-state index >= 15 is 9.59 Å². The molecule has 0 radical (unpaired) electrons. The van der Waals surface area contributed by atoms with Crippen LogP contribution < -0.4 is 19.5 Å². The van der Waals surface area contributed by atoms with Crippen LogP contribution in [0.25, 0.3) is 10.8 Å². The van der Waals surface area contributed by atoms with E-state index in [9.17, 15) is 18.0 Å². The first kappa shape index (κ1) is 40.8. The lowest BCUT2D eigenvalue weighted by atomic mass is 9.85. The molecule has 300 valence electrons. The van der Waals surface area contributed by atoms with Crippen molar-refractivity contribution in [3.05, 3.63) is 71.9 Å². The van der Waals surface area contributed by atoms with Crippen molar-refractivity contribution in [1.82, 2.24) is 24.4 Å². The molecule has 5 atom stereocenters. The van der Waals surface area contributed by atoms with Crippen LogP contribution in [0.3, 0.4) is 0 Å². The van der Waals surface area contributed by atoms with Gasteiger partial charge in [0.15, 0.2) is 0 Å². The van der Waals surface area contributed by atoms with E-state index in [1.54, 1.807) is 62.8 Å². The molecule has 3 aliphatic rings. The van der Waals surface area contributed by atoms with Crippen molar-refractivity contribution in [3.63, 3.8) is 0 Å². The minimum Gasteiger partial charge on any atom is -0.494 e. The number of methoxy groups -OCH3 is 1. The molecule has 3 fully saturated rings. The number of pyridine rings is 1. The second-order valence-electron chi connectivity index (χ2n) is 16.1. The Balaban J connectivity index is 1.36. The van der Waals surface area contributed by atoms with Gasteiger partial charge in [0.25, 0.3) is 17.7 Å². The highest BCUT2D eigenvalue weighted by molar-refractivity contribution is 7.91. The second kappa shape index (κ2) is 15.2. The molecule has 56 heavy (non-hydrogen) atoms. The van der Waals surface area contributed by atoms with Crippen LogP contribution in [0.15, 0.2) is 61.3 Å². The summed E-state index contributed by atoms with van der Waals surface area (Å²) in [7, 11) is 0.783. The second-order valence-corrected chi connectivity index (χ2v) is 18.5. The Morgan fingerprint density at radius 3 is 2.34 bits per heavy atom. The summed E-state index contributed by atoms with van der Waals surface area (Å²) in [6.45, 7) is 11.2. The number of hydrogen-bond donors (Lipinski definition) is 2. The third-order valence-corrected chi connectivity index (χ3v) is 12.7. The highest BCUT2D eigenvalue weighted by atomic mass is 35.5. The predicted molar refractivity (Wildman–Crippen MR) is 213 cm³/mol. The van der Waals surface area contributed by atoms with E-state index in [-0.39, 0.29) is 24.8 Å². The maximum absolute atomic E-state index is 15.2. The van der Waals surface area contributed by atoms with E-state index in [0.717, 1.165) is 10.3 Å². The van der Waals surface area contributed by atoms with E-state index in [1.807, 2.05) is 27.7 Å². The zero-order chi connectivity index (χ0) is 40.9. The maximum atomic E-state index is 15.2. The number of imide groups is 1. The summed E-state index contributed by atoms with van der Waals surface area (Å²) < 4.78 is 40.4. The number of carbonyl (C=O) groups is 4. The first-order chi connectivity index (χ1) is 26.3. The molecule has 6 rings (SSSR count). The van der Waals surface area contributed by atoms with Crippen LogP contribution in [0.2, 0.25) is 5.02 Å². The predicted octanol–water partition coefficient (Wildman–Crippen LogP) is 5.47. The molecule has 2 heterocycles. The van der Waals surface area contributed by atoms with Crippen LogP contribution in [0.5, 0.6) is 11.6 Å². The number of urea groups is 1. The molecule has 0 spiro atoms. The lowest BCUT2D eigenvalue weighted by Gasteiger charge is -2.40. The van der Waals surface area contributed by atoms with Gasteiger partial charge in [-0.3, -0.25) is 19.1 Å². The Hall–Kier alpha value is -4.89. The third-order valence-electron chi connectivity index (χ3n) is 10.7. The lowest BCUT2D eigenvalue weighted by Crippen LogP contribution is -2.64. The molecule has 0 bridgehead atoms. The van der Waals surface area contributed by atoms with E-state index < -0.39 is 68.2 Å². The molecule has 2 saturated carbocycles. The number of carbonyl (C=O) groups excluding carboxylic acids is 4. The Morgan fingerprint density at radius 2 is 1.77 bits per heavy atom. The number of aromatic nitrogens is 1. The summed E-state index contributed by atoms with van der Waals surface area (Å²) in [5.41, 5.74) is -1.77. The number of benzene rings is 2. The lowest BCUT2D eigenvalue weighted by molar-refractivity contribution is -0.141. The van der Waals surface area contributed by atoms with Gasteiger partial charge in [-0.1, -0.05) is 38.4 Å². The van der Waals surface area contributed by atoms with Crippen LogP contribution in [0.1, 0.15) is 63.7 Å². The Labute approximate surface area is 332 Å². The molecule has 14 nitrogen and oxygen atoms in total. The largest absolute Gasteiger partial charge is 0.494 e. The van der Waals surface area contributed by atoms with Gasteiger partial charge < -0.3 is 24.6 Å². The number of rotatable bonds is 12. The molecule has 2 N–H and O–H groups in total. The van der Waals surface area contributed by atoms with Gasteiger partial charge in [-0.25, -0.2) is 23.1 Å². The highest BCUT2D eigenvalue weighted by Crippen LogP contribution is 2.52. The fourth-order valence-corrected chi connectivity index (χ4v) is 8.80. The standard InChI is InChI=1S/C40H49ClN6O8S/c1-9-25-20-40(25,37(50)44-56(52,53)29-15-16-29)47(36(49)33(39(3,4)5)43-27-13-10-24(11-14-27)35(48)45(6)7)38(51)46-22-28(18-23(46)2)55-34-31-19-26(41)12-17-30(31)32(54-8)21-42-34/h9-14,17,19,21,23,25,28-29,33,43H,1,15-16,18,20,22H2,2-8H3,(H,44,50)/t23?,25-,28-,33+,40-/m1/s1. The normalized spacial score (nSPS) is 22.5. The molecule has 1 saturated heterocycles. The van der Waals surface area contributed by atoms with Crippen LogP contribution in [0.4, 0.5) is 10.5 Å². The summed E-state index contributed by atoms with van der Waals surface area (Å²) in [6.07, 6.45) is 3.63. The minimum atomic E-state index is -4.05. The number of ether oxygens (including phenoxy) is 2. The zero-order valence-corrected chi connectivity index (χ0v) is 34.2. The van der Waals surface area contributed by atoms with Crippen LogP contribution in [0, 0.1) is 11.3 Å². The number of nitrogens with zero attached hydrogens (tertiary/aromatic N) is 4. The topological polar surface area (TPSA) is 168 Å². The molecule has 1 unspecified atom stereocenters. The number of nitrogens with one attached hydrogen (secondary N) is 2. The number of likely N-dealkylation sites (tertiary alicyclic amines) is 1. The fourth-order valence-electron chi connectivity index (χ4n) is 7.27. The first-order valence-corrected chi connectivity index (χ1v) is 20.4. The number of halogens is 1. The molecule has 5 amide bonds. The van der Waals surface area contributed by atoms with Gasteiger partial charge in [0.2, 0.25) is 15.9 Å². The van der Waals surface area contributed by atoms with Crippen molar-refractivity contribution in [2.45, 2.75) is 82.4 Å². The molecular weight excluding hydrogens is 760 g/mol. The van der Waals surface area contributed by atoms with Gasteiger partial charge in [0.1, 0.15) is 23.4 Å². The van der Waals surface area contributed by atoms with Gasteiger partial charge >= 0.3 is 6.03 Å². The monoisotopic (exact) mass is 808 g/mol. The van der Waals surface area contributed by atoms with Gasteiger partial charge in [0.05, 0.1) is 25.1 Å². The van der Waals surface area contributed by atoms with Crippen molar-refractivity contribution in [1.29, 1.82) is 0 Å². The van der Waals surface area contributed by atoms with E-state index in [1.165, 1.54) is 23.0 Å². The number of hydrogen-bond acceptors (Lipinski definition) is 10. The van der Waals surface area contributed by atoms with Crippen LogP contribution in [-0.2, 0) is 19.6 Å². The highest BCUT2D eigenvalue weighted by Gasteiger charge is 2.68. The smallest absolute Gasteiger partial charge is 0.328 e. The Bertz CT molecular complexity index is 2170. The van der Waals surface area contributed by atoms with E-state index in [4.69, 9.17) is 21.1 Å². The molecule has 1 aliphatic heterocycles. The molecule has 2 aliphatic carbocycles. The van der Waals surface area contributed by atoms with Gasteiger partial charge in [0, 0.05) is 59.5 Å². The number of fused-ring (bicyclic) bond motifs is 1. The third kappa shape index (κ3) is 7.88. The molecular formula is C40H49ClN6O8S. The first-order valence-electron chi connectivity index (χ1n) is 18.5. The van der Waals surface area contributed by atoms with Gasteiger partial charge in [-0.05, 0) is 74.1 Å². The van der Waals surface area contributed by atoms with Gasteiger partial charge in [-0.15, -0.1) is 6.58 Å². The van der Waals surface area contributed by atoms with Crippen molar-refractivity contribution in [2.24, 2.45) is 11.3 Å². The fraction of sp³-hybridized carbons (Fsp3) is 0.475. The van der Waals surface area contributed by atoms with Crippen LogP contribution >= 0.6 is 11.6 Å². The van der Waals surface area contributed by atoms with Gasteiger partial charge in [-0.2, -0.15) is 0 Å². The maximum Gasteiger partial charge on any atom is 0.328 e. The average molecular weight is 809 g/mol. The Kier molecular flexibility index (Phi) is 11.1. The SMILES string of the molecule is C=C[C@@H]1C[C@@]1(C(=O)NS(=O)(=O)C1CC1)N(C(=O)[C@H](Nc1ccc(C(=O)N(C)C)cc1)C(C)(C)C)C(=O)N1C[C@H](Oc2ncc(OC)c3ccc(Cl)cc23)CC1C. The number of sulfonamides is 1. The Morgan fingerprint density at radius 1 is 1.09 bits per heavy atom. The van der Waals surface area contributed by atoms with Crippen molar-refractivity contribution >= 4 is 61.8 Å². The van der Waals surface area contributed by atoms with Crippen molar-refractivity contribution in [3.8, 4) is 11.6 Å². The summed E-state index contributed by atoms with van der Waals surface area (Å²) in [5.74, 6) is -1.78. The van der Waals surface area contributed by atoms with Crippen molar-refractivity contribution < 1.29 is 37.1 Å². The molecule has 1 aromatic heterocycles. The van der Waals surface area contributed by atoms with E-state index in [2.05, 4.69) is 21.6 Å². The van der Waals surface area contributed by atoms with Crippen LogP contribution in [-0.4, -0.2) is 109 Å². The summed E-state index contributed by atoms with van der Waals surface area (Å²) >= 11 is 6.34. The summed E-state index contributed by atoms with van der Waals surface area (Å²) in [6, 6.07) is 9.52. The number of anilines is 1. The van der Waals surface area contributed by atoms with Crippen molar-refractivity contribution in [2.75, 3.05) is 33.1 Å². The summed E-state index contributed by atoms with van der Waals surface area (Å²) in [4.78, 5) is 65.4. The quantitative estimate of drug-likeness (QED) is 0.224. The average Bonchev–Trinajstić information content (AvgIpc) is 4.07. The van der Waals surface area contributed by atoms with E-state index in [0.29, 0.717) is 46.7 Å². The molecule has 2 aromatic carbocycles. The zero-order valence-electron chi connectivity index (χ0n) is 32.7. The molecule has 16 heteroatoms. The summed E-state index contributed by atoms with van der Waals surface area (Å²) in [5, 5.41) is 4.35. The molecule has 3 aromatic rings.